The smallest absolute Gasteiger partial charge is 0.132 e. The monoisotopic (exact) mass is 338 g/mol. The fraction of sp³-hybridized carbons (Fsp3) is 0.150. The van der Waals surface area contributed by atoms with Crippen molar-refractivity contribution in [1.29, 1.82) is 0 Å². The van der Waals surface area contributed by atoms with E-state index in [9.17, 15) is 4.79 Å². The summed E-state index contributed by atoms with van der Waals surface area (Å²) in [5.74, 6) is 0.828. The highest BCUT2D eigenvalue weighted by Crippen LogP contribution is 2.41. The molecule has 0 bridgehead atoms. The minimum Gasteiger partial charge on any atom is -0.496 e. The minimum absolute atomic E-state index is 0.464. The number of rotatable bonds is 6. The van der Waals surface area contributed by atoms with Crippen molar-refractivity contribution in [2.75, 3.05) is 14.2 Å². The van der Waals surface area contributed by atoms with Crippen molar-refractivity contribution in [3.8, 4) is 21.9 Å². The Bertz CT molecular complexity index is 802. The molecule has 0 aliphatic rings. The SMILES string of the molecule is COc1cccc(OC)c1C(C=O)c1ccccc1-c1cccs1. The van der Waals surface area contributed by atoms with Crippen molar-refractivity contribution < 1.29 is 14.3 Å². The van der Waals surface area contributed by atoms with Gasteiger partial charge in [0.15, 0.2) is 0 Å². The van der Waals surface area contributed by atoms with Crippen LogP contribution in [-0.2, 0) is 4.79 Å². The Hall–Kier alpha value is -2.59. The first-order valence-corrected chi connectivity index (χ1v) is 8.47. The number of ether oxygens (including phenoxy) is 2. The van der Waals surface area contributed by atoms with Crippen LogP contribution in [0, 0.1) is 0 Å². The van der Waals surface area contributed by atoms with E-state index in [0.29, 0.717) is 11.5 Å². The van der Waals surface area contributed by atoms with E-state index in [4.69, 9.17) is 9.47 Å². The van der Waals surface area contributed by atoms with E-state index in [1.807, 2.05) is 53.9 Å². The zero-order valence-corrected chi connectivity index (χ0v) is 14.4. The molecule has 0 amide bonds. The van der Waals surface area contributed by atoms with E-state index >= 15 is 0 Å². The van der Waals surface area contributed by atoms with E-state index in [0.717, 1.165) is 27.9 Å². The molecule has 1 unspecified atom stereocenters. The van der Waals surface area contributed by atoms with Crippen LogP contribution in [0.25, 0.3) is 10.4 Å². The van der Waals surface area contributed by atoms with Gasteiger partial charge in [-0.05, 0) is 34.7 Å². The molecular weight excluding hydrogens is 320 g/mol. The lowest BCUT2D eigenvalue weighted by atomic mass is 9.87. The third kappa shape index (κ3) is 2.93. The summed E-state index contributed by atoms with van der Waals surface area (Å²) in [5, 5.41) is 2.03. The van der Waals surface area contributed by atoms with Crippen molar-refractivity contribution >= 4 is 17.6 Å². The van der Waals surface area contributed by atoms with Gasteiger partial charge in [0.05, 0.1) is 25.7 Å². The Morgan fingerprint density at radius 2 is 1.62 bits per heavy atom. The molecule has 0 spiro atoms. The summed E-state index contributed by atoms with van der Waals surface area (Å²) in [4.78, 5) is 13.2. The standard InChI is InChI=1S/C20H18O3S/c1-22-17-9-5-10-18(23-2)20(17)16(13-21)14-7-3-4-8-15(14)19-11-6-12-24-19/h3-13,16H,1-2H3. The topological polar surface area (TPSA) is 35.5 Å². The second-order valence-electron chi connectivity index (χ2n) is 5.25. The molecule has 0 N–H and O–H groups in total. The number of methoxy groups -OCH3 is 2. The molecule has 1 aromatic heterocycles. The van der Waals surface area contributed by atoms with Crippen LogP contribution in [0.3, 0.4) is 0 Å². The predicted molar refractivity (Wildman–Crippen MR) is 97.2 cm³/mol. The Morgan fingerprint density at radius 1 is 0.917 bits per heavy atom. The minimum atomic E-state index is -0.464. The molecule has 1 atom stereocenters. The average Bonchev–Trinajstić information content (AvgIpc) is 3.17. The van der Waals surface area contributed by atoms with Gasteiger partial charge in [-0.25, -0.2) is 0 Å². The van der Waals surface area contributed by atoms with Gasteiger partial charge in [-0.3, -0.25) is 0 Å². The van der Waals surface area contributed by atoms with Crippen LogP contribution in [-0.4, -0.2) is 20.5 Å². The maximum atomic E-state index is 12.1. The van der Waals surface area contributed by atoms with Crippen molar-refractivity contribution in [3.05, 3.63) is 71.1 Å². The molecular formula is C20H18O3S. The lowest BCUT2D eigenvalue weighted by molar-refractivity contribution is -0.108. The molecule has 2 aromatic carbocycles. The van der Waals surface area contributed by atoms with E-state index in [-0.39, 0.29) is 0 Å². The Kier molecular flexibility index (Phi) is 4.96. The number of hydrogen-bond donors (Lipinski definition) is 0. The summed E-state index contributed by atoms with van der Waals surface area (Å²) in [5.41, 5.74) is 2.75. The first-order valence-electron chi connectivity index (χ1n) is 7.59. The van der Waals surface area contributed by atoms with Gasteiger partial charge in [-0.1, -0.05) is 36.4 Å². The highest BCUT2D eigenvalue weighted by atomic mass is 32.1. The number of carbonyl (C=O) groups excluding carboxylic acids is 1. The van der Waals surface area contributed by atoms with E-state index in [1.165, 1.54) is 0 Å². The maximum absolute atomic E-state index is 12.1. The third-order valence-corrected chi connectivity index (χ3v) is 4.90. The maximum Gasteiger partial charge on any atom is 0.132 e. The predicted octanol–water partition coefficient (Wildman–Crippen LogP) is 4.76. The molecule has 3 rings (SSSR count). The zero-order valence-electron chi connectivity index (χ0n) is 13.6. The molecule has 0 aliphatic heterocycles. The first kappa shape index (κ1) is 16.3. The molecule has 1 heterocycles. The van der Waals surface area contributed by atoms with Crippen molar-refractivity contribution in [3.63, 3.8) is 0 Å². The van der Waals surface area contributed by atoms with Crippen LogP contribution in [0.2, 0.25) is 0 Å². The van der Waals surface area contributed by atoms with E-state index < -0.39 is 5.92 Å². The van der Waals surface area contributed by atoms with Gasteiger partial charge < -0.3 is 14.3 Å². The molecule has 4 heteroatoms. The van der Waals surface area contributed by atoms with Gasteiger partial charge >= 0.3 is 0 Å². The lowest BCUT2D eigenvalue weighted by Gasteiger charge is -2.20. The summed E-state index contributed by atoms with van der Waals surface area (Å²) in [6, 6.07) is 17.6. The fourth-order valence-corrected chi connectivity index (χ4v) is 3.68. The van der Waals surface area contributed by atoms with Crippen LogP contribution in [0.5, 0.6) is 11.5 Å². The Balaban J connectivity index is 2.21. The van der Waals surface area contributed by atoms with Crippen LogP contribution < -0.4 is 9.47 Å². The number of hydrogen-bond acceptors (Lipinski definition) is 4. The van der Waals surface area contributed by atoms with E-state index in [2.05, 4.69) is 6.07 Å². The second kappa shape index (κ2) is 7.32. The summed E-state index contributed by atoms with van der Waals surface area (Å²) < 4.78 is 11.0. The fourth-order valence-electron chi connectivity index (χ4n) is 2.91. The molecule has 0 aliphatic carbocycles. The number of carbonyl (C=O) groups is 1. The van der Waals surface area contributed by atoms with Gasteiger partial charge in [-0.15, -0.1) is 11.3 Å². The van der Waals surface area contributed by atoms with Crippen LogP contribution >= 0.6 is 11.3 Å². The Labute approximate surface area is 145 Å². The molecule has 3 nitrogen and oxygen atoms in total. The number of benzene rings is 2. The molecule has 3 aromatic rings. The van der Waals surface area contributed by atoms with Gasteiger partial charge in [0.2, 0.25) is 0 Å². The number of aldehydes is 1. The first-order chi connectivity index (χ1) is 11.8. The molecule has 122 valence electrons. The summed E-state index contributed by atoms with van der Waals surface area (Å²) in [6.45, 7) is 0. The van der Waals surface area contributed by atoms with Crippen molar-refractivity contribution in [2.45, 2.75) is 5.92 Å². The molecule has 0 saturated heterocycles. The van der Waals surface area contributed by atoms with Gasteiger partial charge in [0.25, 0.3) is 0 Å². The molecule has 0 radical (unpaired) electrons. The third-order valence-electron chi connectivity index (χ3n) is 4.00. The highest BCUT2D eigenvalue weighted by molar-refractivity contribution is 7.13. The van der Waals surface area contributed by atoms with Gasteiger partial charge in [0.1, 0.15) is 17.8 Å². The van der Waals surface area contributed by atoms with Crippen LogP contribution in [0.15, 0.2) is 60.0 Å². The molecule has 24 heavy (non-hydrogen) atoms. The summed E-state index contributed by atoms with van der Waals surface area (Å²) in [7, 11) is 3.20. The second-order valence-corrected chi connectivity index (χ2v) is 6.20. The van der Waals surface area contributed by atoms with Crippen LogP contribution in [0.4, 0.5) is 0 Å². The lowest BCUT2D eigenvalue weighted by Crippen LogP contribution is -2.08. The quantitative estimate of drug-likeness (QED) is 0.608. The highest BCUT2D eigenvalue weighted by Gasteiger charge is 2.24. The number of thiophene rings is 1. The molecule has 0 fully saturated rings. The summed E-state index contributed by atoms with van der Waals surface area (Å²) in [6.07, 6.45) is 0.951. The van der Waals surface area contributed by atoms with Gasteiger partial charge in [-0.2, -0.15) is 0 Å². The van der Waals surface area contributed by atoms with Crippen molar-refractivity contribution in [2.24, 2.45) is 0 Å². The van der Waals surface area contributed by atoms with Gasteiger partial charge in [0, 0.05) is 4.88 Å². The zero-order chi connectivity index (χ0) is 16.9. The Morgan fingerprint density at radius 3 is 2.21 bits per heavy atom. The van der Waals surface area contributed by atoms with Crippen molar-refractivity contribution in [1.82, 2.24) is 0 Å². The molecule has 0 saturated carbocycles. The van der Waals surface area contributed by atoms with Crippen LogP contribution in [0.1, 0.15) is 17.0 Å². The normalized spacial score (nSPS) is 11.8. The largest absolute Gasteiger partial charge is 0.496 e. The average molecular weight is 338 g/mol. The van der Waals surface area contributed by atoms with E-state index in [1.54, 1.807) is 25.6 Å². The summed E-state index contributed by atoms with van der Waals surface area (Å²) >= 11 is 1.65.